The molecule has 0 radical (unpaired) electrons. The molecule has 0 aliphatic rings. The van der Waals surface area contributed by atoms with Crippen LogP contribution in [0.4, 0.5) is 0 Å². The fourth-order valence-corrected chi connectivity index (χ4v) is 0.338. The molecule has 0 rings (SSSR count). The number of ether oxygens (including phenoxy) is 1. The number of carbonyl (C=O) groups is 2. The number of esters is 1. The Hall–Kier alpha value is -0.320. The van der Waals surface area contributed by atoms with E-state index in [1.54, 1.807) is 6.92 Å². The molecule has 11 heavy (non-hydrogen) atoms. The molecule has 4 nitrogen and oxygen atoms in total. The quantitative estimate of drug-likeness (QED) is 0.0815. The first-order valence-electron chi connectivity index (χ1n) is 2.70. The molecule has 0 atom stereocenters. The molecule has 0 N–H and O–H groups in total. The van der Waals surface area contributed by atoms with Gasteiger partial charge in [0.05, 0.1) is 12.2 Å². The van der Waals surface area contributed by atoms with Crippen LogP contribution in [0.1, 0.15) is 6.92 Å². The van der Waals surface area contributed by atoms with Gasteiger partial charge < -0.3 is 9.84 Å². The molecule has 0 aromatic carbocycles. The van der Waals surface area contributed by atoms with Gasteiger partial charge in [-0.2, -0.15) is 0 Å². The minimum atomic E-state index is -0.868. The summed E-state index contributed by atoms with van der Waals surface area (Å²) in [5, 5.41) is 9.88. The summed E-state index contributed by atoms with van der Waals surface area (Å²) < 4.78 is 4.35. The van der Waals surface area contributed by atoms with Gasteiger partial charge in [-0.25, -0.2) is 4.79 Å². The predicted molar refractivity (Wildman–Crippen MR) is 30.8 cm³/mol. The molecule has 0 heterocycles. The third kappa shape index (κ3) is 5.01. The summed E-state index contributed by atoms with van der Waals surface area (Å²) in [5.41, 5.74) is -0.484. The zero-order valence-electron chi connectivity index (χ0n) is 6.49. The third-order valence-electron chi connectivity index (χ3n) is 0.765. The maximum absolute atomic E-state index is 10.5. The Labute approximate surface area is 86.5 Å². The number of aldehydes is 1. The van der Waals surface area contributed by atoms with Crippen molar-refractivity contribution in [2.24, 2.45) is 0 Å². The number of rotatable bonds is 3. The van der Waals surface area contributed by atoms with E-state index in [0.717, 1.165) is 0 Å². The minimum Gasteiger partial charge on any atom is -0.877 e. The average Bonchev–Trinajstić information content (AvgIpc) is 1.91. The summed E-state index contributed by atoms with van der Waals surface area (Å²) in [4.78, 5) is 20.4. The van der Waals surface area contributed by atoms with Crippen molar-refractivity contribution in [3.63, 3.8) is 0 Å². The molecule has 56 valence electrons. The van der Waals surface area contributed by atoms with Gasteiger partial charge in [0.1, 0.15) is 0 Å². The minimum absolute atomic E-state index is 0. The van der Waals surface area contributed by atoms with E-state index in [4.69, 9.17) is 0 Å². The number of carbonyl (C=O) groups excluding carboxylic acids is 2. The summed E-state index contributed by atoms with van der Waals surface area (Å²) in [7, 11) is 0. The second-order valence-corrected chi connectivity index (χ2v) is 1.41. The molecule has 0 aromatic rings. The summed E-state index contributed by atoms with van der Waals surface area (Å²) in [5.74, 6) is -0.868. The third-order valence-corrected chi connectivity index (χ3v) is 0.765. The summed E-state index contributed by atoms with van der Waals surface area (Å²) in [6.07, 6.45) is 0.343. The smallest absolute Gasteiger partial charge is 0.877 e. The fraction of sp³-hybridized carbons (Fsp3) is 0.333. The van der Waals surface area contributed by atoms with Crippen LogP contribution >= 0.6 is 0 Å². The van der Waals surface area contributed by atoms with Gasteiger partial charge in [-0.3, -0.25) is 4.79 Å². The topological polar surface area (TPSA) is 66.4 Å². The molecule has 0 saturated carbocycles. The van der Waals surface area contributed by atoms with E-state index >= 15 is 0 Å². The van der Waals surface area contributed by atoms with Crippen LogP contribution in [-0.4, -0.2) is 18.9 Å². The van der Waals surface area contributed by atoms with Crippen LogP contribution in [0.15, 0.2) is 11.8 Å². The van der Waals surface area contributed by atoms with E-state index in [-0.39, 0.29) is 48.7 Å². The summed E-state index contributed by atoms with van der Waals surface area (Å²) in [6.45, 7) is 1.75. The SMILES string of the molecule is CCOC(=O)/C(C=O)=C\[O-].[Na+]. The molecule has 0 bridgehead atoms. The Kier molecular flexibility index (Phi) is 9.40. The van der Waals surface area contributed by atoms with Crippen LogP contribution in [0.25, 0.3) is 0 Å². The molecule has 0 amide bonds. The first-order chi connectivity index (χ1) is 4.76. The molecular formula is C6H7NaO4. The van der Waals surface area contributed by atoms with Gasteiger partial charge in [0.15, 0.2) is 6.29 Å². The Morgan fingerprint density at radius 3 is 2.45 bits per heavy atom. The van der Waals surface area contributed by atoms with Crippen molar-refractivity contribution in [1.82, 2.24) is 0 Å². The molecule has 0 unspecified atom stereocenters. The Bertz CT molecular complexity index is 164. The molecule has 5 heteroatoms. The second-order valence-electron chi connectivity index (χ2n) is 1.41. The van der Waals surface area contributed by atoms with E-state index in [0.29, 0.717) is 0 Å². The van der Waals surface area contributed by atoms with E-state index in [1.807, 2.05) is 0 Å². The van der Waals surface area contributed by atoms with E-state index in [9.17, 15) is 14.7 Å². The molecule has 0 aliphatic carbocycles. The molecule has 0 fully saturated rings. The first-order valence-corrected chi connectivity index (χ1v) is 2.70. The zero-order valence-corrected chi connectivity index (χ0v) is 8.49. The van der Waals surface area contributed by atoms with Crippen molar-refractivity contribution in [1.29, 1.82) is 0 Å². The van der Waals surface area contributed by atoms with Crippen molar-refractivity contribution in [2.75, 3.05) is 6.61 Å². The maximum Gasteiger partial charge on any atom is 1.00 e. The monoisotopic (exact) mass is 166 g/mol. The van der Waals surface area contributed by atoms with Gasteiger partial charge in [0.25, 0.3) is 0 Å². The molecule has 0 spiro atoms. The van der Waals surface area contributed by atoms with Crippen molar-refractivity contribution in [3.05, 3.63) is 11.8 Å². The number of hydrogen-bond donors (Lipinski definition) is 0. The standard InChI is InChI=1S/C6H8O4.Na/c1-2-10-6(9)5(3-7)4-8;/h3-4,7H,2H2,1H3;/q;+1/p-1/b5-3-;. The normalized spacial score (nSPS) is 9.73. The van der Waals surface area contributed by atoms with Gasteiger partial charge in [-0.05, 0) is 6.92 Å². The first kappa shape index (κ1) is 13.3. The van der Waals surface area contributed by atoms with Crippen molar-refractivity contribution in [3.8, 4) is 0 Å². The predicted octanol–water partition coefficient (Wildman–Crippen LogP) is -4.00. The molecular weight excluding hydrogens is 159 g/mol. The van der Waals surface area contributed by atoms with Crippen LogP contribution in [-0.2, 0) is 14.3 Å². The molecule has 0 saturated heterocycles. The van der Waals surface area contributed by atoms with Gasteiger partial charge in [0, 0.05) is 0 Å². The Morgan fingerprint density at radius 2 is 2.18 bits per heavy atom. The molecule has 0 aromatic heterocycles. The average molecular weight is 166 g/mol. The van der Waals surface area contributed by atoms with Crippen LogP contribution in [0.5, 0.6) is 0 Å². The van der Waals surface area contributed by atoms with Crippen LogP contribution < -0.4 is 34.7 Å². The van der Waals surface area contributed by atoms with Crippen LogP contribution in [0.2, 0.25) is 0 Å². The van der Waals surface area contributed by atoms with Crippen molar-refractivity contribution < 1.29 is 49.0 Å². The maximum atomic E-state index is 10.5. The zero-order chi connectivity index (χ0) is 7.98. The van der Waals surface area contributed by atoms with E-state index in [2.05, 4.69) is 4.74 Å². The summed E-state index contributed by atoms with van der Waals surface area (Å²) >= 11 is 0. The largest absolute Gasteiger partial charge is 1.00 e. The van der Waals surface area contributed by atoms with E-state index in [1.165, 1.54) is 0 Å². The van der Waals surface area contributed by atoms with Crippen molar-refractivity contribution >= 4 is 12.3 Å². The molecule has 0 aliphatic heterocycles. The van der Waals surface area contributed by atoms with Gasteiger partial charge in [-0.15, -0.1) is 6.26 Å². The Balaban J connectivity index is 0. The Morgan fingerprint density at radius 1 is 1.64 bits per heavy atom. The van der Waals surface area contributed by atoms with Gasteiger partial charge >= 0.3 is 35.5 Å². The van der Waals surface area contributed by atoms with E-state index < -0.39 is 11.5 Å². The number of hydrogen-bond acceptors (Lipinski definition) is 4. The second kappa shape index (κ2) is 7.78. The fourth-order valence-electron chi connectivity index (χ4n) is 0.338. The summed E-state index contributed by atoms with van der Waals surface area (Å²) in [6, 6.07) is 0. The van der Waals surface area contributed by atoms with Gasteiger partial charge in [-0.1, -0.05) is 0 Å². The van der Waals surface area contributed by atoms with Gasteiger partial charge in [0.2, 0.25) is 0 Å². The van der Waals surface area contributed by atoms with Crippen LogP contribution in [0.3, 0.4) is 0 Å². The van der Waals surface area contributed by atoms with Crippen LogP contribution in [0, 0.1) is 0 Å². The van der Waals surface area contributed by atoms with Crippen molar-refractivity contribution in [2.45, 2.75) is 6.92 Å².